The summed E-state index contributed by atoms with van der Waals surface area (Å²) in [6.07, 6.45) is 1.94. The van der Waals surface area contributed by atoms with Gasteiger partial charge in [-0.05, 0) is 27.2 Å². The molecule has 0 aromatic rings. The standard InChI is InChI=1S/C12H22N2O3/c1-6-8-14(9(3)4)11(17)13-12(5,7-2)10(15)16/h6,9H,1,7-8H2,2-5H3,(H,13,17)(H,15,16). The van der Waals surface area contributed by atoms with E-state index in [1.165, 1.54) is 11.8 Å². The summed E-state index contributed by atoms with van der Waals surface area (Å²) in [7, 11) is 0. The lowest BCUT2D eigenvalue weighted by Gasteiger charge is -2.31. The number of aliphatic carboxylic acids is 1. The zero-order chi connectivity index (χ0) is 13.6. The second-order valence-electron chi connectivity index (χ2n) is 4.46. The number of carboxylic acid groups (broad SMARTS) is 1. The summed E-state index contributed by atoms with van der Waals surface area (Å²) in [4.78, 5) is 24.6. The normalized spacial score (nSPS) is 13.9. The SMILES string of the molecule is C=CCN(C(=O)NC(C)(CC)C(=O)O)C(C)C. The molecule has 1 atom stereocenters. The summed E-state index contributed by atoms with van der Waals surface area (Å²) in [6.45, 7) is 10.9. The Hall–Kier alpha value is -1.52. The van der Waals surface area contributed by atoms with Gasteiger partial charge in [-0.15, -0.1) is 6.58 Å². The molecule has 0 heterocycles. The number of carbonyl (C=O) groups excluding carboxylic acids is 1. The van der Waals surface area contributed by atoms with Crippen molar-refractivity contribution in [2.45, 2.75) is 45.7 Å². The molecule has 2 N–H and O–H groups in total. The van der Waals surface area contributed by atoms with Crippen molar-refractivity contribution in [3.05, 3.63) is 12.7 Å². The van der Waals surface area contributed by atoms with Gasteiger partial charge < -0.3 is 15.3 Å². The predicted molar refractivity (Wildman–Crippen MR) is 66.9 cm³/mol. The van der Waals surface area contributed by atoms with Crippen molar-refractivity contribution >= 4 is 12.0 Å². The first kappa shape index (κ1) is 15.5. The third-order valence-electron chi connectivity index (χ3n) is 2.77. The van der Waals surface area contributed by atoms with Crippen LogP contribution in [-0.4, -0.2) is 40.1 Å². The predicted octanol–water partition coefficient (Wildman–Crippen LogP) is 1.85. The van der Waals surface area contributed by atoms with Gasteiger partial charge in [-0.3, -0.25) is 0 Å². The van der Waals surface area contributed by atoms with E-state index in [9.17, 15) is 9.59 Å². The molecule has 5 heteroatoms. The highest BCUT2D eigenvalue weighted by atomic mass is 16.4. The largest absolute Gasteiger partial charge is 0.480 e. The van der Waals surface area contributed by atoms with Gasteiger partial charge in [-0.25, -0.2) is 9.59 Å². The van der Waals surface area contributed by atoms with Crippen LogP contribution < -0.4 is 5.32 Å². The highest BCUT2D eigenvalue weighted by Crippen LogP contribution is 2.11. The van der Waals surface area contributed by atoms with E-state index in [1.54, 1.807) is 13.0 Å². The summed E-state index contributed by atoms with van der Waals surface area (Å²) in [5, 5.41) is 11.6. The second kappa shape index (κ2) is 6.27. The molecule has 17 heavy (non-hydrogen) atoms. The van der Waals surface area contributed by atoms with Crippen molar-refractivity contribution < 1.29 is 14.7 Å². The fourth-order valence-electron chi connectivity index (χ4n) is 1.27. The van der Waals surface area contributed by atoms with Crippen LogP contribution in [0.25, 0.3) is 0 Å². The maximum absolute atomic E-state index is 12.0. The van der Waals surface area contributed by atoms with Crippen LogP contribution in [0.4, 0.5) is 4.79 Å². The average Bonchev–Trinajstić information content (AvgIpc) is 2.24. The lowest BCUT2D eigenvalue weighted by atomic mass is 9.99. The molecule has 0 rings (SSSR count). The molecule has 0 spiro atoms. The molecule has 0 radical (unpaired) electrons. The Labute approximate surface area is 102 Å². The molecule has 0 aromatic carbocycles. The Morgan fingerprint density at radius 1 is 1.53 bits per heavy atom. The Balaban J connectivity index is 4.80. The zero-order valence-electron chi connectivity index (χ0n) is 11.0. The summed E-state index contributed by atoms with van der Waals surface area (Å²) >= 11 is 0. The summed E-state index contributed by atoms with van der Waals surface area (Å²) in [5.41, 5.74) is -1.23. The molecule has 0 saturated heterocycles. The summed E-state index contributed by atoms with van der Waals surface area (Å²) < 4.78 is 0. The number of carbonyl (C=O) groups is 2. The van der Waals surface area contributed by atoms with E-state index in [-0.39, 0.29) is 12.1 Å². The number of nitrogens with one attached hydrogen (secondary N) is 1. The van der Waals surface area contributed by atoms with Crippen molar-refractivity contribution in [1.82, 2.24) is 10.2 Å². The summed E-state index contributed by atoms with van der Waals surface area (Å²) in [6, 6.07) is -0.394. The van der Waals surface area contributed by atoms with E-state index in [2.05, 4.69) is 11.9 Å². The molecule has 0 aromatic heterocycles. The first-order valence-corrected chi connectivity index (χ1v) is 5.71. The van der Waals surface area contributed by atoms with Crippen LogP contribution in [-0.2, 0) is 4.79 Å². The summed E-state index contributed by atoms with van der Waals surface area (Å²) in [5.74, 6) is -1.03. The third-order valence-corrected chi connectivity index (χ3v) is 2.77. The van der Waals surface area contributed by atoms with Gasteiger partial charge in [0, 0.05) is 12.6 Å². The molecule has 2 amide bonds. The maximum Gasteiger partial charge on any atom is 0.329 e. The third kappa shape index (κ3) is 4.09. The van der Waals surface area contributed by atoms with Crippen LogP contribution in [0.5, 0.6) is 0 Å². The van der Waals surface area contributed by atoms with Crippen LogP contribution in [0.15, 0.2) is 12.7 Å². The molecule has 1 unspecified atom stereocenters. The molecule has 98 valence electrons. The molecule has 0 bridgehead atoms. The number of rotatable bonds is 6. The van der Waals surface area contributed by atoms with Crippen LogP contribution in [0.3, 0.4) is 0 Å². The number of nitrogens with zero attached hydrogens (tertiary/aromatic N) is 1. The lowest BCUT2D eigenvalue weighted by molar-refractivity contribution is -0.143. The molecule has 0 aliphatic carbocycles. The van der Waals surface area contributed by atoms with Crippen molar-refractivity contribution in [2.75, 3.05) is 6.54 Å². The van der Waals surface area contributed by atoms with Gasteiger partial charge in [0.25, 0.3) is 0 Å². The van der Waals surface area contributed by atoms with E-state index < -0.39 is 11.5 Å². The monoisotopic (exact) mass is 242 g/mol. The topological polar surface area (TPSA) is 69.6 Å². The smallest absolute Gasteiger partial charge is 0.329 e. The van der Waals surface area contributed by atoms with E-state index >= 15 is 0 Å². The van der Waals surface area contributed by atoms with Gasteiger partial charge in [0.15, 0.2) is 0 Å². The molecule has 5 nitrogen and oxygen atoms in total. The molecular formula is C12H22N2O3. The fourth-order valence-corrected chi connectivity index (χ4v) is 1.27. The minimum absolute atomic E-state index is 0.0112. The number of hydrogen-bond acceptors (Lipinski definition) is 2. The minimum atomic E-state index is -1.23. The van der Waals surface area contributed by atoms with Crippen molar-refractivity contribution in [1.29, 1.82) is 0 Å². The molecular weight excluding hydrogens is 220 g/mol. The molecule has 0 fully saturated rings. The van der Waals surface area contributed by atoms with Gasteiger partial charge in [-0.1, -0.05) is 13.0 Å². The Morgan fingerprint density at radius 2 is 2.06 bits per heavy atom. The number of amides is 2. The van der Waals surface area contributed by atoms with Crippen LogP contribution >= 0.6 is 0 Å². The molecule has 0 saturated carbocycles. The van der Waals surface area contributed by atoms with Crippen molar-refractivity contribution in [2.24, 2.45) is 0 Å². The van der Waals surface area contributed by atoms with Crippen LogP contribution in [0.2, 0.25) is 0 Å². The minimum Gasteiger partial charge on any atom is -0.480 e. The Kier molecular flexibility index (Phi) is 5.71. The van der Waals surface area contributed by atoms with E-state index in [1.807, 2.05) is 13.8 Å². The number of hydrogen-bond donors (Lipinski definition) is 2. The van der Waals surface area contributed by atoms with Crippen molar-refractivity contribution in [3.63, 3.8) is 0 Å². The maximum atomic E-state index is 12.0. The van der Waals surface area contributed by atoms with E-state index in [4.69, 9.17) is 5.11 Å². The number of urea groups is 1. The van der Waals surface area contributed by atoms with Gasteiger partial charge in [0.05, 0.1) is 0 Å². The molecule has 0 aliphatic heterocycles. The Morgan fingerprint density at radius 3 is 2.35 bits per heavy atom. The van der Waals surface area contributed by atoms with Crippen LogP contribution in [0, 0.1) is 0 Å². The molecule has 0 aliphatic rings. The Bertz CT molecular complexity index is 302. The number of carboxylic acids is 1. The highest BCUT2D eigenvalue weighted by Gasteiger charge is 2.34. The van der Waals surface area contributed by atoms with Gasteiger partial charge in [0.2, 0.25) is 0 Å². The quantitative estimate of drug-likeness (QED) is 0.698. The van der Waals surface area contributed by atoms with Gasteiger partial charge >= 0.3 is 12.0 Å². The average molecular weight is 242 g/mol. The van der Waals surface area contributed by atoms with E-state index in [0.717, 1.165) is 0 Å². The van der Waals surface area contributed by atoms with E-state index in [0.29, 0.717) is 13.0 Å². The van der Waals surface area contributed by atoms with Gasteiger partial charge in [0.1, 0.15) is 5.54 Å². The second-order valence-corrected chi connectivity index (χ2v) is 4.46. The lowest BCUT2D eigenvalue weighted by Crippen LogP contribution is -2.56. The highest BCUT2D eigenvalue weighted by molar-refractivity contribution is 5.86. The first-order chi connectivity index (χ1) is 7.78. The zero-order valence-corrected chi connectivity index (χ0v) is 11.0. The van der Waals surface area contributed by atoms with Crippen LogP contribution in [0.1, 0.15) is 34.1 Å². The first-order valence-electron chi connectivity index (χ1n) is 5.71. The van der Waals surface area contributed by atoms with Gasteiger partial charge in [-0.2, -0.15) is 0 Å². The fraction of sp³-hybridized carbons (Fsp3) is 0.667. The van der Waals surface area contributed by atoms with Crippen molar-refractivity contribution in [3.8, 4) is 0 Å².